The van der Waals surface area contributed by atoms with Crippen LogP contribution in [0.4, 0.5) is 0 Å². The molecule has 3 atom stereocenters. The van der Waals surface area contributed by atoms with Gasteiger partial charge >= 0.3 is 0 Å². The van der Waals surface area contributed by atoms with Gasteiger partial charge in [-0.15, -0.1) is 0 Å². The van der Waals surface area contributed by atoms with Gasteiger partial charge < -0.3 is 25.2 Å². The molecule has 5 heteroatoms. The molecule has 0 saturated carbocycles. The van der Waals surface area contributed by atoms with Gasteiger partial charge in [-0.25, -0.2) is 0 Å². The van der Waals surface area contributed by atoms with E-state index in [1.807, 2.05) is 0 Å². The standard InChI is InChI=1S/C6H11O5/c1-3(8)5(10)6(11)4(9)2-7/h2,4-6,8-11H,1H3/t4-,5+,6+/m0/s1. The average Bonchev–Trinajstić information content (AvgIpc) is 2.00. The summed E-state index contributed by atoms with van der Waals surface area (Å²) in [4.78, 5) is 9.86. The zero-order valence-electron chi connectivity index (χ0n) is 6.01. The summed E-state index contributed by atoms with van der Waals surface area (Å²) in [6.45, 7) is 1.16. The van der Waals surface area contributed by atoms with E-state index >= 15 is 0 Å². The Labute approximate surface area is 63.9 Å². The molecule has 1 radical (unpaired) electrons. The minimum Gasteiger partial charge on any atom is -0.387 e. The maximum Gasteiger partial charge on any atom is 0.151 e. The zero-order valence-corrected chi connectivity index (χ0v) is 6.01. The van der Waals surface area contributed by atoms with Gasteiger partial charge in [-0.2, -0.15) is 0 Å². The Morgan fingerprint density at radius 2 is 1.82 bits per heavy atom. The van der Waals surface area contributed by atoms with Crippen molar-refractivity contribution in [3.05, 3.63) is 6.10 Å². The van der Waals surface area contributed by atoms with E-state index in [1.54, 1.807) is 0 Å². The Hall–Kier alpha value is -0.490. The summed E-state index contributed by atoms with van der Waals surface area (Å²) in [6, 6.07) is 0. The van der Waals surface area contributed by atoms with Crippen LogP contribution in [0.3, 0.4) is 0 Å². The smallest absolute Gasteiger partial charge is 0.151 e. The minimum atomic E-state index is -1.67. The van der Waals surface area contributed by atoms with Gasteiger partial charge in [0.05, 0.1) is 0 Å². The highest BCUT2D eigenvalue weighted by atomic mass is 16.4. The Morgan fingerprint density at radius 3 is 2.09 bits per heavy atom. The van der Waals surface area contributed by atoms with Crippen molar-refractivity contribution in [2.24, 2.45) is 0 Å². The molecule has 0 amide bonds. The van der Waals surface area contributed by atoms with Crippen molar-refractivity contribution in [3.8, 4) is 0 Å². The van der Waals surface area contributed by atoms with Crippen LogP contribution in [0.5, 0.6) is 0 Å². The van der Waals surface area contributed by atoms with Gasteiger partial charge in [0, 0.05) is 0 Å². The third-order valence-electron chi connectivity index (χ3n) is 1.24. The molecule has 0 saturated heterocycles. The Morgan fingerprint density at radius 1 is 1.36 bits per heavy atom. The molecular weight excluding hydrogens is 152 g/mol. The number of rotatable bonds is 4. The van der Waals surface area contributed by atoms with Crippen molar-refractivity contribution < 1.29 is 25.2 Å². The van der Waals surface area contributed by atoms with Gasteiger partial charge in [0.1, 0.15) is 24.4 Å². The first-order valence-corrected chi connectivity index (χ1v) is 3.02. The average molecular weight is 163 g/mol. The molecule has 0 bridgehead atoms. The molecule has 5 nitrogen and oxygen atoms in total. The van der Waals surface area contributed by atoms with Crippen LogP contribution in [-0.4, -0.2) is 45.0 Å². The third kappa shape index (κ3) is 2.94. The maximum atomic E-state index is 9.86. The molecule has 0 aromatic carbocycles. The second-order valence-corrected chi connectivity index (χ2v) is 2.20. The predicted octanol–water partition coefficient (Wildman–Crippen LogP) is -1.81. The lowest BCUT2D eigenvalue weighted by Crippen LogP contribution is -2.41. The summed E-state index contributed by atoms with van der Waals surface area (Å²) in [5.41, 5.74) is 0. The summed E-state index contributed by atoms with van der Waals surface area (Å²) < 4.78 is 0. The van der Waals surface area contributed by atoms with Gasteiger partial charge in [-0.1, -0.05) is 0 Å². The van der Waals surface area contributed by atoms with Crippen molar-refractivity contribution >= 4 is 6.29 Å². The largest absolute Gasteiger partial charge is 0.387 e. The second-order valence-electron chi connectivity index (χ2n) is 2.20. The SMILES string of the molecule is C[C](O)[C@@H](O)[C@H](O)[C@@H](O)C=O. The molecule has 0 spiro atoms. The van der Waals surface area contributed by atoms with Crippen LogP contribution in [0, 0.1) is 6.10 Å². The van der Waals surface area contributed by atoms with Crippen LogP contribution in [0.2, 0.25) is 0 Å². The minimum absolute atomic E-state index is 0.0802. The van der Waals surface area contributed by atoms with Crippen molar-refractivity contribution in [2.75, 3.05) is 0 Å². The summed E-state index contributed by atoms with van der Waals surface area (Å²) in [7, 11) is 0. The zero-order chi connectivity index (χ0) is 9.02. The monoisotopic (exact) mass is 163 g/mol. The number of hydrogen-bond donors (Lipinski definition) is 4. The first-order valence-electron chi connectivity index (χ1n) is 3.02. The lowest BCUT2D eigenvalue weighted by Gasteiger charge is -2.20. The predicted molar refractivity (Wildman–Crippen MR) is 34.9 cm³/mol. The van der Waals surface area contributed by atoms with E-state index in [0.29, 0.717) is 0 Å². The quantitative estimate of drug-likeness (QED) is 0.366. The highest BCUT2D eigenvalue weighted by Crippen LogP contribution is 2.07. The van der Waals surface area contributed by atoms with Gasteiger partial charge in [-0.3, -0.25) is 0 Å². The summed E-state index contributed by atoms with van der Waals surface area (Å²) >= 11 is 0. The highest BCUT2D eigenvalue weighted by Gasteiger charge is 2.28. The van der Waals surface area contributed by atoms with Crippen LogP contribution in [0.15, 0.2) is 0 Å². The molecular formula is C6H11O5. The molecule has 4 N–H and O–H groups in total. The van der Waals surface area contributed by atoms with Gasteiger partial charge in [0.2, 0.25) is 0 Å². The molecule has 0 aromatic heterocycles. The van der Waals surface area contributed by atoms with Crippen LogP contribution in [-0.2, 0) is 4.79 Å². The summed E-state index contributed by atoms with van der Waals surface area (Å²) in [5.74, 6) is 0. The van der Waals surface area contributed by atoms with E-state index in [4.69, 9.17) is 20.4 Å². The van der Waals surface area contributed by atoms with Crippen molar-refractivity contribution in [3.63, 3.8) is 0 Å². The number of aliphatic hydroxyl groups excluding tert-OH is 4. The first-order chi connectivity index (χ1) is 5.00. The third-order valence-corrected chi connectivity index (χ3v) is 1.24. The van der Waals surface area contributed by atoms with Gasteiger partial charge in [0.25, 0.3) is 0 Å². The van der Waals surface area contributed by atoms with Crippen molar-refractivity contribution in [1.29, 1.82) is 0 Å². The van der Waals surface area contributed by atoms with E-state index in [2.05, 4.69) is 0 Å². The van der Waals surface area contributed by atoms with Crippen LogP contribution in [0.25, 0.3) is 0 Å². The molecule has 0 aliphatic carbocycles. The topological polar surface area (TPSA) is 98.0 Å². The van der Waals surface area contributed by atoms with E-state index < -0.39 is 24.4 Å². The number of carbonyl (C=O) groups is 1. The Bertz CT molecular complexity index is 124. The number of hydrogen-bond acceptors (Lipinski definition) is 5. The molecule has 0 unspecified atom stereocenters. The van der Waals surface area contributed by atoms with E-state index in [0.717, 1.165) is 6.92 Å². The Kier molecular flexibility index (Phi) is 4.20. The number of carbonyl (C=O) groups excluding carboxylic acids is 1. The lowest BCUT2D eigenvalue weighted by atomic mass is 10.1. The lowest BCUT2D eigenvalue weighted by molar-refractivity contribution is -0.127. The molecule has 0 rings (SSSR count). The van der Waals surface area contributed by atoms with E-state index in [1.165, 1.54) is 0 Å². The molecule has 0 aliphatic heterocycles. The van der Waals surface area contributed by atoms with Crippen molar-refractivity contribution in [1.82, 2.24) is 0 Å². The highest BCUT2D eigenvalue weighted by molar-refractivity contribution is 5.56. The summed E-state index contributed by atoms with van der Waals surface area (Å²) in [5, 5.41) is 34.9. The first kappa shape index (κ1) is 10.5. The molecule has 0 aliphatic rings. The summed E-state index contributed by atoms with van der Waals surface area (Å²) in [6.07, 6.45) is -5.30. The fraction of sp³-hybridized carbons (Fsp3) is 0.667. The molecule has 0 aromatic rings. The maximum absolute atomic E-state index is 9.86. The molecule has 0 heterocycles. The normalized spacial score (nSPS) is 19.5. The molecule has 11 heavy (non-hydrogen) atoms. The fourth-order valence-electron chi connectivity index (χ4n) is 0.514. The van der Waals surface area contributed by atoms with Crippen LogP contribution >= 0.6 is 0 Å². The second kappa shape index (κ2) is 4.40. The van der Waals surface area contributed by atoms with Crippen LogP contribution < -0.4 is 0 Å². The van der Waals surface area contributed by atoms with E-state index in [9.17, 15) is 4.79 Å². The fourth-order valence-corrected chi connectivity index (χ4v) is 0.514. The number of aldehydes is 1. The molecule has 0 fully saturated rings. The van der Waals surface area contributed by atoms with E-state index in [-0.39, 0.29) is 6.29 Å². The van der Waals surface area contributed by atoms with Crippen molar-refractivity contribution in [2.45, 2.75) is 25.2 Å². The van der Waals surface area contributed by atoms with Crippen LogP contribution in [0.1, 0.15) is 6.92 Å². The molecule has 65 valence electrons. The Balaban J connectivity index is 4.00. The number of aliphatic hydroxyl groups is 4. The van der Waals surface area contributed by atoms with Gasteiger partial charge in [-0.05, 0) is 6.92 Å². The van der Waals surface area contributed by atoms with Gasteiger partial charge in [0.15, 0.2) is 6.29 Å².